The summed E-state index contributed by atoms with van der Waals surface area (Å²) in [5, 5.41) is 9.36. The van der Waals surface area contributed by atoms with Gasteiger partial charge < -0.3 is 5.11 Å². The zero-order valence-electron chi connectivity index (χ0n) is 10.1. The molecular weight excluding hydrogens is 218 g/mol. The summed E-state index contributed by atoms with van der Waals surface area (Å²) in [5.41, 5.74) is 0.0404. The molecule has 5 nitrogen and oxygen atoms in total. The van der Waals surface area contributed by atoms with Crippen molar-refractivity contribution in [1.82, 2.24) is 14.9 Å². The molecule has 0 radical (unpaired) electrons. The molecule has 2 heterocycles. The van der Waals surface area contributed by atoms with Gasteiger partial charge in [-0.05, 0) is 33.2 Å². The molecule has 1 aromatic rings. The Balaban J connectivity index is 2.25. The molecule has 1 aliphatic heterocycles. The van der Waals surface area contributed by atoms with Gasteiger partial charge in [-0.3, -0.25) is 19.7 Å². The van der Waals surface area contributed by atoms with E-state index in [9.17, 15) is 9.90 Å². The fourth-order valence-electron chi connectivity index (χ4n) is 2.52. The largest absolute Gasteiger partial charge is 0.480 e. The van der Waals surface area contributed by atoms with Crippen LogP contribution in [-0.4, -0.2) is 38.0 Å². The third-order valence-electron chi connectivity index (χ3n) is 3.64. The summed E-state index contributed by atoms with van der Waals surface area (Å²) in [6, 6.07) is -0.0210. The molecule has 0 spiro atoms. The Morgan fingerprint density at radius 1 is 1.59 bits per heavy atom. The Morgan fingerprint density at radius 2 is 2.35 bits per heavy atom. The number of carboxylic acid groups (broad SMARTS) is 1. The van der Waals surface area contributed by atoms with Gasteiger partial charge >= 0.3 is 5.97 Å². The third kappa shape index (κ3) is 2.02. The summed E-state index contributed by atoms with van der Waals surface area (Å²) in [6.07, 6.45) is 6.56. The Hall–Kier alpha value is -1.49. The lowest BCUT2D eigenvalue weighted by Gasteiger charge is -2.35. The summed E-state index contributed by atoms with van der Waals surface area (Å²) in [7, 11) is 0. The smallest absolute Gasteiger partial charge is 0.323 e. The van der Waals surface area contributed by atoms with Crippen molar-refractivity contribution in [1.29, 1.82) is 0 Å². The predicted octanol–water partition coefficient (Wildman–Crippen LogP) is 1.48. The van der Waals surface area contributed by atoms with Crippen LogP contribution < -0.4 is 0 Å². The van der Waals surface area contributed by atoms with Crippen LogP contribution in [0, 0.1) is 0 Å². The molecule has 5 heteroatoms. The van der Waals surface area contributed by atoms with E-state index in [1.807, 2.05) is 11.8 Å². The number of likely N-dealkylation sites (tertiary alicyclic amines) is 1. The minimum absolute atomic E-state index is 0.0210. The molecular formula is C12H17N3O2. The second-order valence-electron chi connectivity index (χ2n) is 4.68. The molecule has 2 unspecified atom stereocenters. The highest BCUT2D eigenvalue weighted by molar-refractivity contribution is 5.78. The first kappa shape index (κ1) is 12.0. The molecule has 2 rings (SSSR count). The molecule has 17 heavy (non-hydrogen) atoms. The van der Waals surface area contributed by atoms with Crippen molar-refractivity contribution in [3.05, 3.63) is 24.3 Å². The van der Waals surface area contributed by atoms with Crippen molar-refractivity contribution in [2.24, 2.45) is 0 Å². The molecule has 0 aromatic carbocycles. The number of nitrogens with zero attached hydrogens (tertiary/aromatic N) is 3. The molecule has 1 aliphatic rings. The maximum Gasteiger partial charge on any atom is 0.323 e. The molecule has 0 aliphatic carbocycles. The second kappa shape index (κ2) is 4.41. The monoisotopic (exact) mass is 235 g/mol. The van der Waals surface area contributed by atoms with Crippen molar-refractivity contribution >= 4 is 5.97 Å². The average molecular weight is 235 g/mol. The fourth-order valence-corrected chi connectivity index (χ4v) is 2.52. The summed E-state index contributed by atoms with van der Waals surface area (Å²) >= 11 is 0. The summed E-state index contributed by atoms with van der Waals surface area (Å²) in [6.45, 7) is 4.56. The van der Waals surface area contributed by atoms with Gasteiger partial charge in [0.15, 0.2) is 0 Å². The average Bonchev–Trinajstić information content (AvgIpc) is 2.73. The number of carbonyl (C=O) groups is 1. The van der Waals surface area contributed by atoms with Crippen LogP contribution in [0.2, 0.25) is 0 Å². The maximum absolute atomic E-state index is 11.4. The standard InChI is InChI=1S/C12H17N3O2/c1-9(10-8-13-5-6-14-10)15-7-3-4-12(15,2)11(16)17/h5-6,8-9H,3-4,7H2,1-2H3,(H,16,17). The SMILES string of the molecule is CC(c1cnccn1)N1CCCC1(C)C(=O)O. The van der Waals surface area contributed by atoms with Crippen molar-refractivity contribution in [2.75, 3.05) is 6.54 Å². The van der Waals surface area contributed by atoms with E-state index in [2.05, 4.69) is 9.97 Å². The molecule has 1 N–H and O–H groups in total. The first-order chi connectivity index (χ1) is 8.05. The third-order valence-corrected chi connectivity index (χ3v) is 3.64. The molecule has 2 atom stereocenters. The fraction of sp³-hybridized carbons (Fsp3) is 0.583. The van der Waals surface area contributed by atoms with Gasteiger partial charge in [-0.2, -0.15) is 0 Å². The number of hydrogen-bond donors (Lipinski definition) is 1. The van der Waals surface area contributed by atoms with Crippen LogP contribution in [0.15, 0.2) is 18.6 Å². The van der Waals surface area contributed by atoms with Crippen molar-refractivity contribution in [3.63, 3.8) is 0 Å². The Kier molecular flexibility index (Phi) is 3.11. The maximum atomic E-state index is 11.4. The van der Waals surface area contributed by atoms with Gasteiger partial charge in [0.05, 0.1) is 11.7 Å². The van der Waals surface area contributed by atoms with Gasteiger partial charge in [0.25, 0.3) is 0 Å². The molecule has 1 fully saturated rings. The predicted molar refractivity (Wildman–Crippen MR) is 62.4 cm³/mol. The molecule has 0 bridgehead atoms. The van der Waals surface area contributed by atoms with E-state index in [-0.39, 0.29) is 6.04 Å². The van der Waals surface area contributed by atoms with Crippen LogP contribution in [0.25, 0.3) is 0 Å². The quantitative estimate of drug-likeness (QED) is 0.859. The van der Waals surface area contributed by atoms with Gasteiger partial charge in [0.2, 0.25) is 0 Å². The lowest BCUT2D eigenvalue weighted by molar-refractivity contribution is -0.149. The number of hydrogen-bond acceptors (Lipinski definition) is 4. The van der Waals surface area contributed by atoms with Crippen LogP contribution >= 0.6 is 0 Å². The summed E-state index contributed by atoms with van der Waals surface area (Å²) in [4.78, 5) is 21.7. The number of carboxylic acids is 1. The van der Waals surface area contributed by atoms with Gasteiger partial charge in [-0.1, -0.05) is 0 Å². The number of aromatic nitrogens is 2. The second-order valence-corrected chi connectivity index (χ2v) is 4.68. The van der Waals surface area contributed by atoms with E-state index in [1.165, 1.54) is 0 Å². The van der Waals surface area contributed by atoms with Crippen LogP contribution in [0.1, 0.15) is 38.4 Å². The van der Waals surface area contributed by atoms with E-state index in [0.29, 0.717) is 6.42 Å². The zero-order valence-corrected chi connectivity index (χ0v) is 10.1. The molecule has 1 saturated heterocycles. The minimum atomic E-state index is -0.781. The van der Waals surface area contributed by atoms with E-state index >= 15 is 0 Å². The molecule has 1 aromatic heterocycles. The van der Waals surface area contributed by atoms with Crippen molar-refractivity contribution in [2.45, 2.75) is 38.3 Å². The van der Waals surface area contributed by atoms with Crippen molar-refractivity contribution < 1.29 is 9.90 Å². The summed E-state index contributed by atoms with van der Waals surface area (Å²) < 4.78 is 0. The Bertz CT molecular complexity index is 409. The first-order valence-electron chi connectivity index (χ1n) is 5.82. The van der Waals surface area contributed by atoms with E-state index in [1.54, 1.807) is 25.5 Å². The van der Waals surface area contributed by atoms with Crippen LogP contribution in [0.5, 0.6) is 0 Å². The van der Waals surface area contributed by atoms with Gasteiger partial charge in [0.1, 0.15) is 5.54 Å². The lowest BCUT2D eigenvalue weighted by Crippen LogP contribution is -2.49. The van der Waals surface area contributed by atoms with Gasteiger partial charge in [-0.25, -0.2) is 0 Å². The highest BCUT2D eigenvalue weighted by atomic mass is 16.4. The number of rotatable bonds is 3. The highest BCUT2D eigenvalue weighted by Crippen LogP contribution is 2.36. The number of aliphatic carboxylic acids is 1. The van der Waals surface area contributed by atoms with Crippen LogP contribution in [0.3, 0.4) is 0 Å². The summed E-state index contributed by atoms with van der Waals surface area (Å²) in [5.74, 6) is -0.759. The lowest BCUT2D eigenvalue weighted by atomic mass is 9.97. The molecule has 0 saturated carbocycles. The Morgan fingerprint density at radius 3 is 2.94 bits per heavy atom. The highest BCUT2D eigenvalue weighted by Gasteiger charge is 2.45. The van der Waals surface area contributed by atoms with E-state index < -0.39 is 11.5 Å². The minimum Gasteiger partial charge on any atom is -0.480 e. The Labute approximate surface area is 100 Å². The van der Waals surface area contributed by atoms with Gasteiger partial charge in [-0.15, -0.1) is 0 Å². The zero-order chi connectivity index (χ0) is 12.5. The van der Waals surface area contributed by atoms with Crippen molar-refractivity contribution in [3.8, 4) is 0 Å². The van der Waals surface area contributed by atoms with E-state index in [4.69, 9.17) is 0 Å². The topological polar surface area (TPSA) is 66.3 Å². The van der Waals surface area contributed by atoms with E-state index in [0.717, 1.165) is 18.7 Å². The first-order valence-corrected chi connectivity index (χ1v) is 5.82. The van der Waals surface area contributed by atoms with Crippen LogP contribution in [-0.2, 0) is 4.79 Å². The molecule has 92 valence electrons. The normalized spacial score (nSPS) is 26.9. The molecule has 0 amide bonds. The van der Waals surface area contributed by atoms with Crippen LogP contribution in [0.4, 0.5) is 0 Å². The van der Waals surface area contributed by atoms with Gasteiger partial charge in [0, 0.05) is 18.6 Å².